The van der Waals surface area contributed by atoms with Gasteiger partial charge in [0.2, 0.25) is 15.9 Å². The fraction of sp³-hybridized carbons (Fsp3) is 0.533. The summed E-state index contributed by atoms with van der Waals surface area (Å²) in [4.78, 5) is 13.6. The number of rotatable bonds is 4. The highest BCUT2D eigenvalue weighted by atomic mass is 35.5. The van der Waals surface area contributed by atoms with Gasteiger partial charge < -0.3 is 10.6 Å². The molecule has 8 heteroatoms. The minimum atomic E-state index is -3.62. The molecule has 0 bridgehead atoms. The maximum Gasteiger partial charge on any atom is 0.243 e. The maximum absolute atomic E-state index is 12.7. The van der Waals surface area contributed by atoms with E-state index in [1.807, 2.05) is 0 Å². The number of fused-ring (bicyclic) bond motifs is 1. The summed E-state index contributed by atoms with van der Waals surface area (Å²) in [7, 11) is -2.09. The van der Waals surface area contributed by atoms with Gasteiger partial charge in [-0.15, -0.1) is 12.4 Å². The van der Waals surface area contributed by atoms with Crippen LogP contribution in [0.25, 0.3) is 0 Å². The van der Waals surface area contributed by atoms with Gasteiger partial charge >= 0.3 is 0 Å². The molecule has 0 fully saturated rings. The van der Waals surface area contributed by atoms with E-state index in [1.165, 1.54) is 18.3 Å². The molecule has 1 aromatic carbocycles. The number of nitrogens with two attached hydrogens (primary N) is 1. The zero-order valence-corrected chi connectivity index (χ0v) is 15.3. The summed E-state index contributed by atoms with van der Waals surface area (Å²) >= 11 is 0. The Labute approximate surface area is 144 Å². The molecule has 0 radical (unpaired) electrons. The molecule has 1 heterocycles. The number of likely N-dealkylation sites (N-methyl/N-ethyl adjacent to an activating group) is 1. The lowest BCUT2D eigenvalue weighted by Gasteiger charge is -2.30. The predicted octanol–water partition coefficient (Wildman–Crippen LogP) is 1.38. The summed E-state index contributed by atoms with van der Waals surface area (Å²) in [6, 6.07) is 4.73. The molecule has 1 aliphatic heterocycles. The number of halogens is 1. The van der Waals surface area contributed by atoms with Crippen LogP contribution >= 0.6 is 12.4 Å². The van der Waals surface area contributed by atoms with Crippen molar-refractivity contribution >= 4 is 34.0 Å². The number of benzene rings is 1. The van der Waals surface area contributed by atoms with E-state index in [0.29, 0.717) is 12.2 Å². The maximum atomic E-state index is 12.7. The molecule has 0 spiro atoms. The molecule has 23 heavy (non-hydrogen) atoms. The Hall–Kier alpha value is -1.15. The summed E-state index contributed by atoms with van der Waals surface area (Å²) in [6.07, 6.45) is 1.75. The van der Waals surface area contributed by atoms with Gasteiger partial charge in [-0.25, -0.2) is 8.42 Å². The molecular formula is C15H24ClN3O3S. The van der Waals surface area contributed by atoms with Crippen LogP contribution in [0.1, 0.15) is 25.8 Å². The summed E-state index contributed by atoms with van der Waals surface area (Å²) in [6.45, 7) is 4.14. The quantitative estimate of drug-likeness (QED) is 0.878. The smallest absolute Gasteiger partial charge is 0.243 e. The minimum absolute atomic E-state index is 0. The third-order valence-electron chi connectivity index (χ3n) is 4.19. The third-order valence-corrected chi connectivity index (χ3v) is 6.16. The number of nitrogens with zero attached hydrogens (tertiary/aromatic N) is 2. The van der Waals surface area contributed by atoms with Gasteiger partial charge in [-0.2, -0.15) is 4.31 Å². The lowest BCUT2D eigenvalue weighted by molar-refractivity contribution is -0.116. The average molecular weight is 362 g/mol. The molecular weight excluding hydrogens is 338 g/mol. The van der Waals surface area contributed by atoms with Gasteiger partial charge in [0.05, 0.1) is 4.90 Å². The van der Waals surface area contributed by atoms with Crippen LogP contribution in [0.4, 0.5) is 5.69 Å². The SMILES string of the molecule is CC(=O)N1CCCc2ccc(S(=O)(=O)N(C)C(C)CN)cc21.Cl. The van der Waals surface area contributed by atoms with Gasteiger partial charge in [0, 0.05) is 38.8 Å². The zero-order valence-electron chi connectivity index (χ0n) is 13.7. The van der Waals surface area contributed by atoms with Crippen LogP contribution < -0.4 is 10.6 Å². The molecule has 0 saturated heterocycles. The molecule has 2 rings (SSSR count). The summed E-state index contributed by atoms with van der Waals surface area (Å²) < 4.78 is 26.6. The van der Waals surface area contributed by atoms with Crippen molar-refractivity contribution < 1.29 is 13.2 Å². The fourth-order valence-corrected chi connectivity index (χ4v) is 3.99. The van der Waals surface area contributed by atoms with Gasteiger partial charge in [0.15, 0.2) is 0 Å². The first-order valence-electron chi connectivity index (χ1n) is 7.38. The highest BCUT2D eigenvalue weighted by molar-refractivity contribution is 7.89. The number of aryl methyl sites for hydroxylation is 1. The second kappa shape index (κ2) is 7.61. The second-order valence-corrected chi connectivity index (χ2v) is 7.67. The highest BCUT2D eigenvalue weighted by Crippen LogP contribution is 2.31. The van der Waals surface area contributed by atoms with Crippen molar-refractivity contribution in [2.75, 3.05) is 25.0 Å². The standard InChI is InChI=1S/C15H23N3O3S.ClH/c1-11(10-16)17(3)22(20,21)14-7-6-13-5-4-8-18(12(2)19)15(13)9-14;/h6-7,9,11H,4-5,8,10,16H2,1-3H3;1H. The van der Waals surface area contributed by atoms with Crippen molar-refractivity contribution in [3.8, 4) is 0 Å². The molecule has 130 valence electrons. The Balaban J connectivity index is 0.00000264. The van der Waals surface area contributed by atoms with E-state index in [2.05, 4.69) is 0 Å². The topological polar surface area (TPSA) is 83.7 Å². The number of amides is 1. The van der Waals surface area contributed by atoms with Crippen molar-refractivity contribution in [3.05, 3.63) is 23.8 Å². The van der Waals surface area contributed by atoms with Crippen LogP contribution in [0.3, 0.4) is 0 Å². The van der Waals surface area contributed by atoms with Crippen LogP contribution in [-0.2, 0) is 21.2 Å². The van der Waals surface area contributed by atoms with Crippen LogP contribution in [0.2, 0.25) is 0 Å². The number of anilines is 1. The largest absolute Gasteiger partial charge is 0.329 e. The zero-order chi connectivity index (χ0) is 16.5. The first-order valence-corrected chi connectivity index (χ1v) is 8.82. The lowest BCUT2D eigenvalue weighted by Crippen LogP contribution is -2.40. The molecule has 6 nitrogen and oxygen atoms in total. The first kappa shape index (κ1) is 19.9. The van der Waals surface area contributed by atoms with E-state index in [9.17, 15) is 13.2 Å². The summed E-state index contributed by atoms with van der Waals surface area (Å²) in [5.74, 6) is -0.0702. The fourth-order valence-electron chi connectivity index (χ4n) is 2.59. The van der Waals surface area contributed by atoms with Crippen molar-refractivity contribution in [1.82, 2.24) is 4.31 Å². The monoisotopic (exact) mass is 361 g/mol. The summed E-state index contributed by atoms with van der Waals surface area (Å²) in [5.41, 5.74) is 7.27. The lowest BCUT2D eigenvalue weighted by atomic mass is 10.0. The Morgan fingerprint density at radius 3 is 2.65 bits per heavy atom. The average Bonchev–Trinajstić information content (AvgIpc) is 2.51. The summed E-state index contributed by atoms with van der Waals surface area (Å²) in [5, 5.41) is 0. The van der Waals surface area contributed by atoms with Crippen molar-refractivity contribution in [2.24, 2.45) is 5.73 Å². The van der Waals surface area contributed by atoms with E-state index < -0.39 is 10.0 Å². The van der Waals surface area contributed by atoms with Gasteiger partial charge in [-0.1, -0.05) is 6.07 Å². The molecule has 0 saturated carbocycles. The van der Waals surface area contributed by atoms with E-state index in [4.69, 9.17) is 5.73 Å². The molecule has 2 N–H and O–H groups in total. The first-order chi connectivity index (χ1) is 10.3. The van der Waals surface area contributed by atoms with Gasteiger partial charge in [-0.3, -0.25) is 4.79 Å². The molecule has 1 aliphatic rings. The van der Waals surface area contributed by atoms with E-state index in [0.717, 1.165) is 18.4 Å². The molecule has 1 aromatic rings. The number of sulfonamides is 1. The van der Waals surface area contributed by atoms with Gasteiger partial charge in [0.1, 0.15) is 0 Å². The van der Waals surface area contributed by atoms with Gasteiger partial charge in [0.25, 0.3) is 0 Å². The van der Waals surface area contributed by atoms with Gasteiger partial charge in [-0.05, 0) is 37.5 Å². The Kier molecular flexibility index (Phi) is 6.59. The van der Waals surface area contributed by atoms with Crippen LogP contribution in [0, 0.1) is 0 Å². The second-order valence-electron chi connectivity index (χ2n) is 5.67. The minimum Gasteiger partial charge on any atom is -0.329 e. The predicted molar refractivity (Wildman–Crippen MR) is 93.5 cm³/mol. The Bertz CT molecular complexity index is 679. The number of hydrogen-bond acceptors (Lipinski definition) is 4. The number of carbonyl (C=O) groups is 1. The third kappa shape index (κ3) is 3.85. The van der Waals surface area contributed by atoms with Crippen LogP contribution in [-0.4, -0.2) is 44.8 Å². The number of hydrogen-bond donors (Lipinski definition) is 1. The molecule has 1 atom stereocenters. The number of carbonyl (C=O) groups excluding carboxylic acids is 1. The van der Waals surface area contributed by atoms with Crippen molar-refractivity contribution in [3.63, 3.8) is 0 Å². The van der Waals surface area contributed by atoms with E-state index >= 15 is 0 Å². The highest BCUT2D eigenvalue weighted by Gasteiger charge is 2.27. The van der Waals surface area contributed by atoms with Crippen molar-refractivity contribution in [1.29, 1.82) is 0 Å². The molecule has 1 amide bonds. The molecule has 0 aromatic heterocycles. The van der Waals surface area contributed by atoms with E-state index in [1.54, 1.807) is 30.0 Å². The van der Waals surface area contributed by atoms with Crippen molar-refractivity contribution in [2.45, 2.75) is 37.6 Å². The van der Waals surface area contributed by atoms with Crippen LogP contribution in [0.15, 0.2) is 23.1 Å². The molecule has 1 unspecified atom stereocenters. The van der Waals surface area contributed by atoms with Crippen LogP contribution in [0.5, 0.6) is 0 Å². The normalized spacial score (nSPS) is 15.8. The molecule has 0 aliphatic carbocycles. The Morgan fingerprint density at radius 2 is 2.09 bits per heavy atom. The Morgan fingerprint density at radius 1 is 1.43 bits per heavy atom. The van der Waals surface area contributed by atoms with E-state index in [-0.39, 0.29) is 35.8 Å².